The molecule has 6 heteroatoms. The van der Waals surface area contributed by atoms with E-state index in [0.717, 1.165) is 0 Å². The van der Waals surface area contributed by atoms with Crippen molar-refractivity contribution in [1.82, 2.24) is 15.3 Å². The van der Waals surface area contributed by atoms with Crippen LogP contribution in [-0.4, -0.2) is 21.9 Å². The molecule has 1 aromatic heterocycles. The molecule has 0 radical (unpaired) electrons. The predicted octanol–water partition coefficient (Wildman–Crippen LogP) is 0.681. The maximum atomic E-state index is 12.1. The Kier molecular flexibility index (Phi) is 2.87. The van der Waals surface area contributed by atoms with Crippen molar-refractivity contribution in [3.05, 3.63) is 18.1 Å². The quantitative estimate of drug-likeness (QED) is 0.525. The van der Waals surface area contributed by atoms with Crippen LogP contribution in [0.3, 0.4) is 0 Å². The lowest BCUT2D eigenvalue weighted by Crippen LogP contribution is -2.38. The summed E-state index contributed by atoms with van der Waals surface area (Å²) < 4.78 is 0. The maximum absolute atomic E-state index is 12.1. The largest absolute Gasteiger partial charge is 0.347 e. The van der Waals surface area contributed by atoms with E-state index < -0.39 is 0 Å². The summed E-state index contributed by atoms with van der Waals surface area (Å²) in [5.74, 6) is 6.85. The number of hydrogen-bond donors (Lipinski definition) is 3. The van der Waals surface area contributed by atoms with E-state index in [2.05, 4.69) is 20.7 Å². The Balaban J connectivity index is 1.69. The highest BCUT2D eigenvalue weighted by atomic mass is 16.2. The summed E-state index contributed by atoms with van der Waals surface area (Å²) in [6.45, 7) is 0. The van der Waals surface area contributed by atoms with Gasteiger partial charge in [-0.3, -0.25) is 9.78 Å². The number of nitrogens with zero attached hydrogens (tertiary/aromatic N) is 2. The van der Waals surface area contributed by atoms with Gasteiger partial charge in [-0.15, -0.1) is 0 Å². The van der Waals surface area contributed by atoms with Gasteiger partial charge in [-0.05, 0) is 37.5 Å². The molecule has 18 heavy (non-hydrogen) atoms. The summed E-state index contributed by atoms with van der Waals surface area (Å²) in [6.07, 6.45) is 7.88. The fourth-order valence-electron chi connectivity index (χ4n) is 2.30. The van der Waals surface area contributed by atoms with Gasteiger partial charge in [0.2, 0.25) is 0 Å². The molecule has 4 N–H and O–H groups in total. The Bertz CT molecular complexity index is 444. The third kappa shape index (κ3) is 2.43. The van der Waals surface area contributed by atoms with E-state index in [0.29, 0.717) is 29.4 Å². The zero-order chi connectivity index (χ0) is 12.5. The summed E-state index contributed by atoms with van der Waals surface area (Å²) in [5, 5.41) is 3.10. The van der Waals surface area contributed by atoms with Gasteiger partial charge in [0.15, 0.2) is 5.82 Å². The number of nitrogen functional groups attached to an aromatic ring is 1. The van der Waals surface area contributed by atoms with Crippen LogP contribution in [0.5, 0.6) is 0 Å². The summed E-state index contributed by atoms with van der Waals surface area (Å²) >= 11 is 0. The van der Waals surface area contributed by atoms with E-state index >= 15 is 0 Å². The minimum Gasteiger partial charge on any atom is -0.347 e. The highest BCUT2D eigenvalue weighted by Crippen LogP contribution is 2.44. The van der Waals surface area contributed by atoms with Gasteiger partial charge < -0.3 is 10.7 Å². The molecule has 1 amide bonds. The van der Waals surface area contributed by atoms with Gasteiger partial charge in [0.25, 0.3) is 5.91 Å². The second kappa shape index (κ2) is 4.53. The van der Waals surface area contributed by atoms with Gasteiger partial charge >= 0.3 is 0 Å². The zero-order valence-electron chi connectivity index (χ0n) is 10.1. The number of hydrazine groups is 1. The Morgan fingerprint density at radius 1 is 1.28 bits per heavy atom. The van der Waals surface area contributed by atoms with Crippen molar-refractivity contribution in [3.63, 3.8) is 0 Å². The van der Waals surface area contributed by atoms with Gasteiger partial charge in [-0.2, -0.15) is 0 Å². The van der Waals surface area contributed by atoms with Crippen LogP contribution in [0.2, 0.25) is 0 Å². The number of hydrogen-bond acceptors (Lipinski definition) is 5. The molecule has 0 spiro atoms. The Morgan fingerprint density at radius 3 is 2.50 bits per heavy atom. The molecule has 2 saturated carbocycles. The van der Waals surface area contributed by atoms with Crippen LogP contribution in [0.4, 0.5) is 5.82 Å². The minimum absolute atomic E-state index is 0.150. The van der Waals surface area contributed by atoms with Gasteiger partial charge in [0.05, 0.1) is 12.4 Å². The predicted molar refractivity (Wildman–Crippen MR) is 66.5 cm³/mol. The lowest BCUT2D eigenvalue weighted by Gasteiger charge is -2.17. The van der Waals surface area contributed by atoms with E-state index in [1.807, 2.05) is 0 Å². The van der Waals surface area contributed by atoms with Crippen molar-refractivity contribution in [2.24, 2.45) is 17.7 Å². The van der Waals surface area contributed by atoms with E-state index in [1.54, 1.807) is 0 Å². The first kappa shape index (κ1) is 11.4. The van der Waals surface area contributed by atoms with Gasteiger partial charge in [0.1, 0.15) is 5.69 Å². The maximum Gasteiger partial charge on any atom is 0.271 e. The number of nitrogens with two attached hydrogens (primary N) is 1. The van der Waals surface area contributed by atoms with E-state index in [9.17, 15) is 4.79 Å². The molecule has 2 aliphatic carbocycles. The highest BCUT2D eigenvalue weighted by Gasteiger charge is 2.42. The summed E-state index contributed by atoms with van der Waals surface area (Å²) in [6, 6.07) is 0.328. The molecule has 3 rings (SSSR count). The zero-order valence-corrected chi connectivity index (χ0v) is 10.1. The molecule has 1 aromatic rings. The van der Waals surface area contributed by atoms with Crippen molar-refractivity contribution >= 4 is 11.7 Å². The molecule has 2 fully saturated rings. The number of aromatic nitrogens is 2. The molecular formula is C12H17N5O. The van der Waals surface area contributed by atoms with Crippen LogP contribution in [0, 0.1) is 11.8 Å². The lowest BCUT2D eigenvalue weighted by molar-refractivity contribution is 0.0921. The first-order valence-electron chi connectivity index (χ1n) is 6.37. The summed E-state index contributed by atoms with van der Waals surface area (Å²) in [4.78, 5) is 20.1. The van der Waals surface area contributed by atoms with Crippen molar-refractivity contribution in [3.8, 4) is 0 Å². The molecule has 96 valence electrons. The van der Waals surface area contributed by atoms with Crippen LogP contribution < -0.4 is 16.6 Å². The Labute approximate surface area is 105 Å². The van der Waals surface area contributed by atoms with Gasteiger partial charge in [-0.1, -0.05) is 0 Å². The van der Waals surface area contributed by atoms with Crippen LogP contribution in [-0.2, 0) is 0 Å². The molecule has 0 aromatic carbocycles. The molecule has 2 aliphatic rings. The highest BCUT2D eigenvalue weighted by molar-refractivity contribution is 5.92. The van der Waals surface area contributed by atoms with Crippen LogP contribution in [0.25, 0.3) is 0 Å². The molecule has 1 heterocycles. The summed E-state index contributed by atoms with van der Waals surface area (Å²) in [7, 11) is 0. The molecular weight excluding hydrogens is 230 g/mol. The Morgan fingerprint density at radius 2 is 1.94 bits per heavy atom. The van der Waals surface area contributed by atoms with Crippen molar-refractivity contribution < 1.29 is 4.79 Å². The van der Waals surface area contributed by atoms with Crippen molar-refractivity contribution in [2.75, 3.05) is 5.43 Å². The Hall–Kier alpha value is -1.69. The van der Waals surface area contributed by atoms with Gasteiger partial charge in [-0.25, -0.2) is 10.8 Å². The minimum atomic E-state index is -0.150. The van der Waals surface area contributed by atoms with Crippen LogP contribution in [0.15, 0.2) is 12.4 Å². The molecule has 0 saturated heterocycles. The normalized spacial score (nSPS) is 18.8. The van der Waals surface area contributed by atoms with Crippen LogP contribution in [0.1, 0.15) is 36.2 Å². The average Bonchev–Trinajstić information content (AvgIpc) is 3.29. The molecule has 6 nitrogen and oxygen atoms in total. The molecule has 0 aliphatic heterocycles. The van der Waals surface area contributed by atoms with Crippen molar-refractivity contribution in [2.45, 2.75) is 31.7 Å². The smallest absolute Gasteiger partial charge is 0.271 e. The molecule has 0 bridgehead atoms. The summed E-state index contributed by atoms with van der Waals surface area (Å²) in [5.41, 5.74) is 2.71. The third-order valence-electron chi connectivity index (χ3n) is 3.57. The van der Waals surface area contributed by atoms with E-state index in [1.165, 1.54) is 38.1 Å². The topological polar surface area (TPSA) is 92.9 Å². The van der Waals surface area contributed by atoms with Gasteiger partial charge in [0, 0.05) is 6.04 Å². The SMILES string of the molecule is NNc1cncc(C(=O)NC(C2CC2)C2CC2)n1. The number of anilines is 1. The van der Waals surface area contributed by atoms with Crippen LogP contribution >= 0.6 is 0 Å². The average molecular weight is 247 g/mol. The lowest BCUT2D eigenvalue weighted by atomic mass is 10.1. The van der Waals surface area contributed by atoms with E-state index in [-0.39, 0.29) is 5.91 Å². The fraction of sp³-hybridized carbons (Fsp3) is 0.583. The first-order chi connectivity index (χ1) is 8.78. The number of amides is 1. The molecule has 0 unspecified atom stereocenters. The first-order valence-corrected chi connectivity index (χ1v) is 6.37. The van der Waals surface area contributed by atoms with E-state index in [4.69, 9.17) is 5.84 Å². The monoisotopic (exact) mass is 247 g/mol. The standard InChI is InChI=1S/C12H17N5O/c13-17-10-6-14-5-9(15-10)12(18)16-11(7-1-2-7)8-3-4-8/h5-8,11H,1-4,13H2,(H,15,17)(H,16,18). The number of rotatable bonds is 5. The second-order valence-corrected chi connectivity index (χ2v) is 5.11. The third-order valence-corrected chi connectivity index (χ3v) is 3.57. The number of nitrogens with one attached hydrogen (secondary N) is 2. The molecule has 0 atom stereocenters. The second-order valence-electron chi connectivity index (χ2n) is 5.11. The number of carbonyl (C=O) groups is 1. The fourth-order valence-corrected chi connectivity index (χ4v) is 2.30. The van der Waals surface area contributed by atoms with Crippen molar-refractivity contribution in [1.29, 1.82) is 0 Å². The number of carbonyl (C=O) groups excluding carboxylic acids is 1.